The molecule has 7 heteroatoms. The number of carbonyl (C=O) groups excluding carboxylic acids is 3. The van der Waals surface area contributed by atoms with E-state index < -0.39 is 23.7 Å². The standard InChI is InChI=1S/C15H26N2O5/c1-9(2)22-15(20)13(7-6-12(18)8-16)17-14(19)10(3)11(4)21-5/h8-11,13,16H,6-7H2,1-5H3,(H,17,19)/t10-,11+,13+/m1/s1. The number of ether oxygens (including phenoxy) is 2. The number of nitrogens with one attached hydrogen (secondary N) is 2. The summed E-state index contributed by atoms with van der Waals surface area (Å²) in [4.78, 5) is 35.4. The molecule has 3 atom stereocenters. The van der Waals surface area contributed by atoms with Crippen LogP contribution in [-0.4, -0.2) is 49.2 Å². The first-order valence-corrected chi connectivity index (χ1v) is 7.29. The van der Waals surface area contributed by atoms with E-state index in [2.05, 4.69) is 5.32 Å². The van der Waals surface area contributed by atoms with Gasteiger partial charge in [-0.2, -0.15) is 0 Å². The topological polar surface area (TPSA) is 106 Å². The van der Waals surface area contributed by atoms with Gasteiger partial charge in [0.15, 0.2) is 5.78 Å². The molecular weight excluding hydrogens is 288 g/mol. The first kappa shape index (κ1) is 20.2. The molecule has 0 radical (unpaired) electrons. The molecule has 0 rings (SSSR count). The summed E-state index contributed by atoms with van der Waals surface area (Å²) in [7, 11) is 1.50. The molecule has 0 unspecified atom stereocenters. The van der Waals surface area contributed by atoms with Crippen molar-refractivity contribution in [3.05, 3.63) is 0 Å². The smallest absolute Gasteiger partial charge is 0.328 e. The van der Waals surface area contributed by atoms with E-state index in [0.29, 0.717) is 6.21 Å². The summed E-state index contributed by atoms with van der Waals surface area (Å²) in [6, 6.07) is -0.912. The Labute approximate surface area is 131 Å². The van der Waals surface area contributed by atoms with E-state index in [9.17, 15) is 14.4 Å². The fourth-order valence-corrected chi connectivity index (χ4v) is 1.64. The minimum atomic E-state index is -0.912. The van der Waals surface area contributed by atoms with Crippen molar-refractivity contribution in [2.24, 2.45) is 5.92 Å². The Morgan fingerprint density at radius 2 is 1.77 bits per heavy atom. The van der Waals surface area contributed by atoms with Crippen LogP contribution in [0.4, 0.5) is 0 Å². The summed E-state index contributed by atoms with van der Waals surface area (Å²) >= 11 is 0. The van der Waals surface area contributed by atoms with E-state index in [0.717, 1.165) is 0 Å². The lowest BCUT2D eigenvalue weighted by Gasteiger charge is -2.23. The van der Waals surface area contributed by atoms with Crippen LogP contribution in [0.3, 0.4) is 0 Å². The zero-order valence-corrected chi connectivity index (χ0v) is 13.8. The predicted molar refractivity (Wildman–Crippen MR) is 81.8 cm³/mol. The molecule has 1 amide bonds. The van der Waals surface area contributed by atoms with Crippen LogP contribution in [0.5, 0.6) is 0 Å². The highest BCUT2D eigenvalue weighted by Crippen LogP contribution is 2.09. The number of amides is 1. The van der Waals surface area contributed by atoms with Crippen molar-refractivity contribution in [1.29, 1.82) is 5.41 Å². The highest BCUT2D eigenvalue weighted by Gasteiger charge is 2.27. The molecule has 126 valence electrons. The summed E-state index contributed by atoms with van der Waals surface area (Å²) in [5.74, 6) is -1.78. The zero-order valence-electron chi connectivity index (χ0n) is 13.8. The Kier molecular flexibility index (Phi) is 9.24. The van der Waals surface area contributed by atoms with Crippen molar-refractivity contribution < 1.29 is 23.9 Å². The maximum atomic E-state index is 12.1. The van der Waals surface area contributed by atoms with Gasteiger partial charge in [0.05, 0.1) is 24.3 Å². The third-order valence-corrected chi connectivity index (χ3v) is 3.28. The van der Waals surface area contributed by atoms with Crippen molar-refractivity contribution in [3.63, 3.8) is 0 Å². The predicted octanol–water partition coefficient (Wildman–Crippen LogP) is 1.09. The summed E-state index contributed by atoms with van der Waals surface area (Å²) in [5, 5.41) is 9.47. The lowest BCUT2D eigenvalue weighted by atomic mass is 10.0. The molecule has 2 N–H and O–H groups in total. The SMILES string of the molecule is CO[C@@H](C)[C@@H](C)C(=O)N[C@@H](CCC(=O)C=N)C(=O)OC(C)C. The Morgan fingerprint density at radius 3 is 2.23 bits per heavy atom. The molecule has 0 heterocycles. The molecule has 0 aliphatic rings. The second-order valence-corrected chi connectivity index (χ2v) is 5.43. The first-order chi connectivity index (χ1) is 10.2. The number of Topliss-reactive ketones (excluding diaryl/α,β-unsaturated/α-hetero) is 1. The van der Waals surface area contributed by atoms with Gasteiger partial charge in [-0.15, -0.1) is 0 Å². The fourth-order valence-electron chi connectivity index (χ4n) is 1.64. The van der Waals surface area contributed by atoms with E-state index in [1.165, 1.54) is 7.11 Å². The van der Waals surface area contributed by atoms with Gasteiger partial charge >= 0.3 is 5.97 Å². The molecule has 22 heavy (non-hydrogen) atoms. The van der Waals surface area contributed by atoms with Crippen molar-refractivity contribution in [2.75, 3.05) is 7.11 Å². The van der Waals surface area contributed by atoms with Crippen LogP contribution in [0.2, 0.25) is 0 Å². The second kappa shape index (κ2) is 10.0. The van der Waals surface area contributed by atoms with E-state index in [1.54, 1.807) is 27.7 Å². The first-order valence-electron chi connectivity index (χ1n) is 7.29. The summed E-state index contributed by atoms with van der Waals surface area (Å²) in [5.41, 5.74) is 0. The van der Waals surface area contributed by atoms with Crippen LogP contribution in [0.1, 0.15) is 40.5 Å². The van der Waals surface area contributed by atoms with E-state index in [4.69, 9.17) is 14.9 Å². The highest BCUT2D eigenvalue weighted by molar-refractivity contribution is 6.26. The number of esters is 1. The van der Waals surface area contributed by atoms with Gasteiger partial charge in [-0.05, 0) is 27.2 Å². The maximum absolute atomic E-state index is 12.1. The van der Waals surface area contributed by atoms with Crippen molar-refractivity contribution in [2.45, 2.75) is 58.8 Å². The van der Waals surface area contributed by atoms with Gasteiger partial charge in [0.2, 0.25) is 5.91 Å². The molecular formula is C15H26N2O5. The molecule has 0 aliphatic heterocycles. The number of hydrogen-bond donors (Lipinski definition) is 2. The minimum Gasteiger partial charge on any atom is -0.461 e. The molecule has 0 spiro atoms. The van der Waals surface area contributed by atoms with Crippen molar-refractivity contribution in [3.8, 4) is 0 Å². The molecule has 0 fully saturated rings. The third kappa shape index (κ3) is 7.31. The van der Waals surface area contributed by atoms with Crippen molar-refractivity contribution >= 4 is 23.9 Å². The summed E-state index contributed by atoms with van der Waals surface area (Å²) in [6.45, 7) is 6.85. The molecule has 7 nitrogen and oxygen atoms in total. The van der Waals surface area contributed by atoms with Crippen LogP contribution >= 0.6 is 0 Å². The van der Waals surface area contributed by atoms with Crippen LogP contribution in [-0.2, 0) is 23.9 Å². The zero-order chi connectivity index (χ0) is 17.3. The molecule has 0 aromatic carbocycles. The summed E-state index contributed by atoms with van der Waals surface area (Å²) in [6.07, 6.45) is 0.170. The van der Waals surface area contributed by atoms with Gasteiger partial charge in [0.1, 0.15) is 6.04 Å². The van der Waals surface area contributed by atoms with Crippen molar-refractivity contribution in [1.82, 2.24) is 5.32 Å². The third-order valence-electron chi connectivity index (χ3n) is 3.28. The number of carbonyl (C=O) groups is 3. The molecule has 0 bridgehead atoms. The van der Waals surface area contributed by atoms with Crippen LogP contribution in [0, 0.1) is 11.3 Å². The highest BCUT2D eigenvalue weighted by atomic mass is 16.5. The van der Waals surface area contributed by atoms with E-state index in [-0.39, 0.29) is 31.0 Å². The quantitative estimate of drug-likeness (QED) is 0.464. The fraction of sp³-hybridized carbons (Fsp3) is 0.733. The maximum Gasteiger partial charge on any atom is 0.328 e. The van der Waals surface area contributed by atoms with Gasteiger partial charge in [0.25, 0.3) is 0 Å². The molecule has 0 aromatic heterocycles. The Balaban J connectivity index is 4.83. The van der Waals surface area contributed by atoms with Gasteiger partial charge in [-0.1, -0.05) is 6.92 Å². The minimum absolute atomic E-state index is 0.00411. The average molecular weight is 314 g/mol. The Hall–Kier alpha value is -1.76. The average Bonchev–Trinajstić information content (AvgIpc) is 2.48. The summed E-state index contributed by atoms with van der Waals surface area (Å²) < 4.78 is 10.2. The van der Waals surface area contributed by atoms with E-state index in [1.807, 2.05) is 0 Å². The monoisotopic (exact) mass is 314 g/mol. The van der Waals surface area contributed by atoms with Gasteiger partial charge < -0.3 is 20.2 Å². The largest absolute Gasteiger partial charge is 0.461 e. The Bertz CT molecular complexity index is 409. The lowest BCUT2D eigenvalue weighted by Crippen LogP contribution is -2.46. The number of ketones is 1. The van der Waals surface area contributed by atoms with Gasteiger partial charge in [-0.3, -0.25) is 9.59 Å². The molecule has 0 saturated heterocycles. The molecule has 0 saturated carbocycles. The normalized spacial score (nSPS) is 14.8. The van der Waals surface area contributed by atoms with Gasteiger partial charge in [0, 0.05) is 13.5 Å². The Morgan fingerprint density at radius 1 is 1.18 bits per heavy atom. The van der Waals surface area contributed by atoms with Crippen LogP contribution in [0.15, 0.2) is 0 Å². The number of rotatable bonds is 10. The number of methoxy groups -OCH3 is 1. The molecule has 0 aromatic rings. The second-order valence-electron chi connectivity index (χ2n) is 5.43. The number of hydrogen-bond acceptors (Lipinski definition) is 6. The van der Waals surface area contributed by atoms with Crippen LogP contribution in [0.25, 0.3) is 0 Å². The lowest BCUT2D eigenvalue weighted by molar-refractivity contribution is -0.152. The van der Waals surface area contributed by atoms with E-state index >= 15 is 0 Å². The van der Waals surface area contributed by atoms with Crippen LogP contribution < -0.4 is 5.32 Å². The molecule has 0 aliphatic carbocycles. The van der Waals surface area contributed by atoms with Gasteiger partial charge in [-0.25, -0.2) is 4.79 Å².